The van der Waals surface area contributed by atoms with E-state index in [9.17, 15) is 4.79 Å². The number of carbonyl (C=O) groups excluding carboxylic acids is 1. The summed E-state index contributed by atoms with van der Waals surface area (Å²) in [6, 6.07) is 3.70. The van der Waals surface area contributed by atoms with E-state index in [4.69, 9.17) is 19.2 Å². The van der Waals surface area contributed by atoms with E-state index >= 15 is 0 Å². The van der Waals surface area contributed by atoms with Crippen molar-refractivity contribution in [2.24, 2.45) is 0 Å². The van der Waals surface area contributed by atoms with Gasteiger partial charge in [0.1, 0.15) is 5.82 Å². The second-order valence-corrected chi connectivity index (χ2v) is 7.53. The molecule has 0 unspecified atom stereocenters. The molecule has 1 aliphatic rings. The highest BCUT2D eigenvalue weighted by atomic mass is 16.5. The predicted molar refractivity (Wildman–Crippen MR) is 120 cm³/mol. The fourth-order valence-electron chi connectivity index (χ4n) is 3.75. The number of methoxy groups -OCH3 is 2. The van der Waals surface area contributed by atoms with Crippen molar-refractivity contribution < 1.29 is 19.0 Å². The highest BCUT2D eigenvalue weighted by Crippen LogP contribution is 2.33. The third-order valence-electron chi connectivity index (χ3n) is 5.46. The number of benzene rings is 1. The van der Waals surface area contributed by atoms with E-state index in [2.05, 4.69) is 20.8 Å². The van der Waals surface area contributed by atoms with Crippen LogP contribution in [0.5, 0.6) is 11.5 Å². The first-order valence-electron chi connectivity index (χ1n) is 10.7. The average molecular weight is 444 g/mol. The maximum Gasteiger partial charge on any atom is 0.317 e. The van der Waals surface area contributed by atoms with Gasteiger partial charge in [0.2, 0.25) is 5.65 Å². The lowest BCUT2D eigenvalue weighted by Crippen LogP contribution is -2.46. The molecule has 0 bridgehead atoms. The minimum absolute atomic E-state index is 0.0255. The molecule has 32 heavy (non-hydrogen) atoms. The van der Waals surface area contributed by atoms with Gasteiger partial charge in [-0.1, -0.05) is 0 Å². The molecule has 2 N–H and O–H groups in total. The molecular formula is C21H29N7O4. The van der Waals surface area contributed by atoms with Gasteiger partial charge in [-0.2, -0.15) is 0 Å². The number of hydrogen-bond acceptors (Lipinski definition) is 8. The van der Waals surface area contributed by atoms with Crippen LogP contribution in [-0.2, 0) is 4.74 Å². The molecule has 0 atom stereocenters. The van der Waals surface area contributed by atoms with Crippen LogP contribution in [0.15, 0.2) is 12.1 Å². The van der Waals surface area contributed by atoms with Crippen molar-refractivity contribution in [3.8, 4) is 11.5 Å². The van der Waals surface area contributed by atoms with Crippen LogP contribution in [0.1, 0.15) is 18.7 Å². The van der Waals surface area contributed by atoms with E-state index in [-0.39, 0.29) is 6.03 Å². The molecule has 1 fully saturated rings. The lowest BCUT2D eigenvalue weighted by Gasteiger charge is -2.26. The fourth-order valence-corrected chi connectivity index (χ4v) is 3.75. The van der Waals surface area contributed by atoms with Crippen LogP contribution in [0, 0.1) is 6.92 Å². The van der Waals surface area contributed by atoms with E-state index in [1.165, 1.54) is 0 Å². The van der Waals surface area contributed by atoms with Gasteiger partial charge in [-0.15, -0.1) is 10.2 Å². The molecule has 2 amide bonds. The highest BCUT2D eigenvalue weighted by molar-refractivity contribution is 5.85. The standard InChI is InChI=1S/C21H29N7O4/c1-14-25-26-20-19(22-6-4-5-7-23-21(29)27-8-10-32-11-9-27)24-15-12-17(30-2)18(31-3)13-16(15)28(14)20/h12-13H,4-11H2,1-3H3,(H,22,24)(H,23,29). The number of nitrogens with zero attached hydrogens (tertiary/aromatic N) is 5. The second kappa shape index (κ2) is 9.86. The minimum Gasteiger partial charge on any atom is -0.493 e. The monoisotopic (exact) mass is 443 g/mol. The summed E-state index contributed by atoms with van der Waals surface area (Å²) in [6.07, 6.45) is 1.72. The number of unbranched alkanes of at least 4 members (excludes halogenated alkanes) is 1. The molecule has 1 aliphatic heterocycles. The van der Waals surface area contributed by atoms with Crippen molar-refractivity contribution >= 4 is 28.5 Å². The van der Waals surface area contributed by atoms with Gasteiger partial charge in [0.15, 0.2) is 17.3 Å². The number of urea groups is 1. The van der Waals surface area contributed by atoms with Crippen LogP contribution >= 0.6 is 0 Å². The number of hydrogen-bond donors (Lipinski definition) is 2. The average Bonchev–Trinajstić information content (AvgIpc) is 3.22. The zero-order valence-corrected chi connectivity index (χ0v) is 18.7. The summed E-state index contributed by atoms with van der Waals surface area (Å²) in [4.78, 5) is 18.7. The molecule has 1 aromatic carbocycles. The van der Waals surface area contributed by atoms with Gasteiger partial charge in [-0.25, -0.2) is 9.78 Å². The maximum atomic E-state index is 12.1. The lowest BCUT2D eigenvalue weighted by atomic mass is 10.2. The first-order valence-corrected chi connectivity index (χ1v) is 10.7. The number of ether oxygens (including phenoxy) is 3. The lowest BCUT2D eigenvalue weighted by molar-refractivity contribution is 0.0532. The zero-order valence-electron chi connectivity index (χ0n) is 18.7. The van der Waals surface area contributed by atoms with Crippen LogP contribution in [0.4, 0.5) is 10.6 Å². The van der Waals surface area contributed by atoms with E-state index in [0.29, 0.717) is 62.4 Å². The Bertz CT molecular complexity index is 1090. The third kappa shape index (κ3) is 4.47. The number of anilines is 1. The van der Waals surface area contributed by atoms with Crippen LogP contribution in [0.2, 0.25) is 0 Å². The Morgan fingerprint density at radius 3 is 2.56 bits per heavy atom. The van der Waals surface area contributed by atoms with Gasteiger partial charge in [-0.05, 0) is 19.8 Å². The molecule has 172 valence electrons. The topological polar surface area (TPSA) is 115 Å². The van der Waals surface area contributed by atoms with Crippen LogP contribution < -0.4 is 20.1 Å². The van der Waals surface area contributed by atoms with Crippen molar-refractivity contribution in [3.63, 3.8) is 0 Å². The molecule has 0 aliphatic carbocycles. The molecule has 2 aromatic heterocycles. The largest absolute Gasteiger partial charge is 0.493 e. The van der Waals surface area contributed by atoms with Gasteiger partial charge >= 0.3 is 6.03 Å². The summed E-state index contributed by atoms with van der Waals surface area (Å²) in [5.41, 5.74) is 2.25. The molecule has 0 saturated carbocycles. The molecule has 1 saturated heterocycles. The zero-order chi connectivity index (χ0) is 22.5. The third-order valence-corrected chi connectivity index (χ3v) is 5.46. The Kier molecular flexibility index (Phi) is 6.74. The quantitative estimate of drug-likeness (QED) is 0.507. The summed E-state index contributed by atoms with van der Waals surface area (Å²) < 4.78 is 18.1. The van der Waals surface area contributed by atoms with E-state index in [1.807, 2.05) is 23.5 Å². The van der Waals surface area contributed by atoms with Gasteiger partial charge < -0.3 is 29.7 Å². The fraction of sp³-hybridized carbons (Fsp3) is 0.524. The molecule has 3 heterocycles. The Morgan fingerprint density at radius 2 is 1.81 bits per heavy atom. The Labute approximate surface area is 186 Å². The molecular weight excluding hydrogens is 414 g/mol. The normalized spacial score (nSPS) is 14.0. The Hall–Kier alpha value is -3.34. The number of aromatic nitrogens is 4. The van der Waals surface area contributed by atoms with Crippen molar-refractivity contribution in [2.75, 3.05) is 58.9 Å². The van der Waals surface area contributed by atoms with Crippen molar-refractivity contribution in [1.82, 2.24) is 29.8 Å². The van der Waals surface area contributed by atoms with Crippen LogP contribution in [0.25, 0.3) is 16.7 Å². The maximum absolute atomic E-state index is 12.1. The Balaban J connectivity index is 1.40. The number of fused-ring (bicyclic) bond motifs is 3. The molecule has 3 aromatic rings. The molecule has 11 heteroatoms. The number of morpholine rings is 1. The Morgan fingerprint density at radius 1 is 1.09 bits per heavy atom. The number of nitrogens with one attached hydrogen (secondary N) is 2. The number of carbonyl (C=O) groups is 1. The number of rotatable bonds is 8. The van der Waals surface area contributed by atoms with E-state index < -0.39 is 0 Å². The van der Waals surface area contributed by atoms with Crippen LogP contribution in [0.3, 0.4) is 0 Å². The molecule has 0 radical (unpaired) electrons. The summed E-state index contributed by atoms with van der Waals surface area (Å²) in [7, 11) is 3.20. The summed E-state index contributed by atoms with van der Waals surface area (Å²) in [5.74, 6) is 2.65. The summed E-state index contributed by atoms with van der Waals surface area (Å²) >= 11 is 0. The highest BCUT2D eigenvalue weighted by Gasteiger charge is 2.17. The van der Waals surface area contributed by atoms with Gasteiger partial charge in [0.25, 0.3) is 0 Å². The van der Waals surface area contributed by atoms with E-state index in [1.54, 1.807) is 19.1 Å². The smallest absolute Gasteiger partial charge is 0.317 e. The number of aryl methyl sites for hydroxylation is 1. The molecule has 0 spiro atoms. The van der Waals surface area contributed by atoms with Gasteiger partial charge in [0.05, 0.1) is 38.5 Å². The summed E-state index contributed by atoms with van der Waals surface area (Å²) in [5, 5.41) is 14.9. The summed E-state index contributed by atoms with van der Waals surface area (Å²) in [6.45, 7) is 5.71. The van der Waals surface area contributed by atoms with Gasteiger partial charge in [-0.3, -0.25) is 4.40 Å². The van der Waals surface area contributed by atoms with Crippen molar-refractivity contribution in [3.05, 3.63) is 18.0 Å². The first kappa shape index (κ1) is 21.9. The second-order valence-electron chi connectivity index (χ2n) is 7.53. The number of amides is 2. The van der Waals surface area contributed by atoms with Crippen molar-refractivity contribution in [1.29, 1.82) is 0 Å². The van der Waals surface area contributed by atoms with Crippen molar-refractivity contribution in [2.45, 2.75) is 19.8 Å². The SMILES string of the molecule is COc1cc2nc(NCCCCNC(=O)N3CCOCC3)c3nnc(C)n3c2cc1OC. The van der Waals surface area contributed by atoms with E-state index in [0.717, 1.165) is 29.7 Å². The van der Waals surface area contributed by atoms with Gasteiger partial charge in [0, 0.05) is 38.3 Å². The minimum atomic E-state index is -0.0255. The molecule has 4 rings (SSSR count). The first-order chi connectivity index (χ1) is 15.6. The predicted octanol–water partition coefficient (Wildman–Crippen LogP) is 1.84. The van der Waals surface area contributed by atoms with Crippen LogP contribution in [-0.4, -0.2) is 84.1 Å². The molecule has 11 nitrogen and oxygen atoms in total.